The van der Waals surface area contributed by atoms with Gasteiger partial charge in [-0.1, -0.05) is 13.0 Å². The summed E-state index contributed by atoms with van der Waals surface area (Å²) >= 11 is 0. The molecule has 2 heterocycles. The van der Waals surface area contributed by atoms with Crippen molar-refractivity contribution < 1.29 is 0 Å². The highest BCUT2D eigenvalue weighted by Crippen LogP contribution is 2.18. The first-order chi connectivity index (χ1) is 8.85. The average Bonchev–Trinajstić information content (AvgIpc) is 2.46. The smallest absolute Gasteiger partial charge is 0.133 e. The van der Waals surface area contributed by atoms with E-state index in [2.05, 4.69) is 27.2 Å². The molecule has 0 aliphatic carbocycles. The quantitative estimate of drug-likeness (QED) is 0.873. The van der Waals surface area contributed by atoms with Crippen LogP contribution < -0.4 is 5.32 Å². The van der Waals surface area contributed by atoms with Gasteiger partial charge in [0.15, 0.2) is 0 Å². The van der Waals surface area contributed by atoms with Gasteiger partial charge in [-0.3, -0.25) is 4.98 Å². The van der Waals surface area contributed by atoms with Crippen molar-refractivity contribution in [1.82, 2.24) is 20.3 Å². The van der Waals surface area contributed by atoms with Crippen molar-refractivity contribution in [1.29, 1.82) is 0 Å². The van der Waals surface area contributed by atoms with Crippen LogP contribution in [0.4, 0.5) is 0 Å². The van der Waals surface area contributed by atoms with E-state index in [1.54, 1.807) is 6.20 Å². The standard InChI is InChI=1S/C14H18N4/c1-3-11(10-15-2)14-17-9-7-13(18-14)12-6-4-5-8-16-12/h4-9,11,15H,3,10H2,1-2H3. The summed E-state index contributed by atoms with van der Waals surface area (Å²) in [4.78, 5) is 13.3. The van der Waals surface area contributed by atoms with Crippen LogP contribution in [0.3, 0.4) is 0 Å². The Balaban J connectivity index is 2.30. The third-order valence-corrected chi connectivity index (χ3v) is 2.91. The Morgan fingerprint density at radius 3 is 2.67 bits per heavy atom. The lowest BCUT2D eigenvalue weighted by Gasteiger charge is -2.13. The van der Waals surface area contributed by atoms with Gasteiger partial charge in [0.05, 0.1) is 11.4 Å². The molecule has 2 aromatic heterocycles. The van der Waals surface area contributed by atoms with Gasteiger partial charge in [0.1, 0.15) is 5.82 Å². The fraction of sp³-hybridized carbons (Fsp3) is 0.357. The Hall–Kier alpha value is -1.81. The molecule has 1 atom stereocenters. The van der Waals surface area contributed by atoms with Gasteiger partial charge in [-0.25, -0.2) is 9.97 Å². The first kappa shape index (κ1) is 12.6. The largest absolute Gasteiger partial charge is 0.319 e. The molecular formula is C14H18N4. The van der Waals surface area contributed by atoms with E-state index < -0.39 is 0 Å². The summed E-state index contributed by atoms with van der Waals surface area (Å²) in [6, 6.07) is 7.74. The van der Waals surface area contributed by atoms with Gasteiger partial charge in [-0.05, 0) is 31.7 Å². The first-order valence-electron chi connectivity index (χ1n) is 6.24. The number of aromatic nitrogens is 3. The number of pyridine rings is 1. The first-order valence-corrected chi connectivity index (χ1v) is 6.24. The minimum atomic E-state index is 0.346. The predicted molar refractivity (Wildman–Crippen MR) is 72.2 cm³/mol. The normalized spacial score (nSPS) is 12.3. The maximum Gasteiger partial charge on any atom is 0.133 e. The zero-order chi connectivity index (χ0) is 12.8. The molecule has 0 saturated carbocycles. The number of rotatable bonds is 5. The topological polar surface area (TPSA) is 50.7 Å². The van der Waals surface area contributed by atoms with E-state index in [1.165, 1.54) is 0 Å². The van der Waals surface area contributed by atoms with Crippen LogP contribution >= 0.6 is 0 Å². The molecule has 94 valence electrons. The average molecular weight is 242 g/mol. The molecule has 0 bridgehead atoms. The summed E-state index contributed by atoms with van der Waals surface area (Å²) in [5.41, 5.74) is 1.77. The molecule has 0 fully saturated rings. The van der Waals surface area contributed by atoms with E-state index >= 15 is 0 Å². The van der Waals surface area contributed by atoms with Crippen LogP contribution in [0.25, 0.3) is 11.4 Å². The number of hydrogen-bond acceptors (Lipinski definition) is 4. The molecule has 0 saturated heterocycles. The second-order valence-electron chi connectivity index (χ2n) is 4.18. The summed E-state index contributed by atoms with van der Waals surface area (Å²) in [5.74, 6) is 1.23. The molecule has 0 amide bonds. The summed E-state index contributed by atoms with van der Waals surface area (Å²) in [6.45, 7) is 3.04. The van der Waals surface area contributed by atoms with Gasteiger partial charge >= 0.3 is 0 Å². The highest BCUT2D eigenvalue weighted by molar-refractivity contribution is 5.52. The van der Waals surface area contributed by atoms with Crippen molar-refractivity contribution in [3.8, 4) is 11.4 Å². The van der Waals surface area contributed by atoms with Crippen molar-refractivity contribution >= 4 is 0 Å². The molecule has 2 rings (SSSR count). The lowest BCUT2D eigenvalue weighted by atomic mass is 10.1. The summed E-state index contributed by atoms with van der Waals surface area (Å²) < 4.78 is 0. The molecule has 18 heavy (non-hydrogen) atoms. The van der Waals surface area contributed by atoms with Gasteiger partial charge in [0, 0.05) is 24.9 Å². The molecule has 1 unspecified atom stereocenters. The zero-order valence-electron chi connectivity index (χ0n) is 10.8. The summed E-state index contributed by atoms with van der Waals surface area (Å²) in [7, 11) is 1.95. The fourth-order valence-corrected chi connectivity index (χ4v) is 1.89. The second kappa shape index (κ2) is 6.21. The third kappa shape index (κ3) is 2.90. The van der Waals surface area contributed by atoms with Crippen LogP contribution in [0.2, 0.25) is 0 Å². The van der Waals surface area contributed by atoms with Gasteiger partial charge in [0.25, 0.3) is 0 Å². The molecule has 0 aliphatic heterocycles. The van der Waals surface area contributed by atoms with E-state index in [0.717, 1.165) is 30.2 Å². The van der Waals surface area contributed by atoms with E-state index in [1.807, 2.05) is 37.5 Å². The molecule has 0 spiro atoms. The van der Waals surface area contributed by atoms with Crippen LogP contribution in [0.5, 0.6) is 0 Å². The number of nitrogens with one attached hydrogen (secondary N) is 1. The van der Waals surface area contributed by atoms with Gasteiger partial charge in [-0.15, -0.1) is 0 Å². The van der Waals surface area contributed by atoms with Crippen LogP contribution in [-0.2, 0) is 0 Å². The highest BCUT2D eigenvalue weighted by atomic mass is 14.9. The molecule has 4 nitrogen and oxygen atoms in total. The molecule has 2 aromatic rings. The van der Waals surface area contributed by atoms with E-state index in [4.69, 9.17) is 0 Å². The minimum absolute atomic E-state index is 0.346. The van der Waals surface area contributed by atoms with Crippen LogP contribution in [0, 0.1) is 0 Å². The Kier molecular flexibility index (Phi) is 4.36. The molecule has 1 N–H and O–H groups in total. The number of hydrogen-bond donors (Lipinski definition) is 1. The van der Waals surface area contributed by atoms with E-state index in [-0.39, 0.29) is 0 Å². The zero-order valence-corrected chi connectivity index (χ0v) is 10.8. The van der Waals surface area contributed by atoms with Crippen molar-refractivity contribution in [2.75, 3.05) is 13.6 Å². The number of likely N-dealkylation sites (N-methyl/N-ethyl adjacent to an activating group) is 1. The van der Waals surface area contributed by atoms with Crippen LogP contribution in [-0.4, -0.2) is 28.5 Å². The maximum absolute atomic E-state index is 4.62. The van der Waals surface area contributed by atoms with Gasteiger partial charge in [0.2, 0.25) is 0 Å². The Morgan fingerprint density at radius 2 is 2.00 bits per heavy atom. The Morgan fingerprint density at radius 1 is 1.11 bits per heavy atom. The van der Waals surface area contributed by atoms with Gasteiger partial charge in [-0.2, -0.15) is 0 Å². The van der Waals surface area contributed by atoms with Crippen molar-refractivity contribution in [3.63, 3.8) is 0 Å². The molecule has 0 aliphatic rings. The molecular weight excluding hydrogens is 224 g/mol. The Labute approximate surface area is 108 Å². The van der Waals surface area contributed by atoms with Crippen LogP contribution in [0.15, 0.2) is 36.7 Å². The van der Waals surface area contributed by atoms with Crippen molar-refractivity contribution in [2.45, 2.75) is 19.3 Å². The summed E-state index contributed by atoms with van der Waals surface area (Å²) in [6.07, 6.45) is 4.61. The predicted octanol–water partition coefficient (Wildman–Crippen LogP) is 2.25. The van der Waals surface area contributed by atoms with Crippen molar-refractivity contribution in [3.05, 3.63) is 42.5 Å². The minimum Gasteiger partial charge on any atom is -0.319 e. The fourth-order valence-electron chi connectivity index (χ4n) is 1.89. The lowest BCUT2D eigenvalue weighted by molar-refractivity contribution is 0.580. The monoisotopic (exact) mass is 242 g/mol. The molecule has 0 aromatic carbocycles. The van der Waals surface area contributed by atoms with Crippen LogP contribution in [0.1, 0.15) is 25.1 Å². The summed E-state index contributed by atoms with van der Waals surface area (Å²) in [5, 5.41) is 3.18. The highest BCUT2D eigenvalue weighted by Gasteiger charge is 2.12. The van der Waals surface area contributed by atoms with Crippen molar-refractivity contribution in [2.24, 2.45) is 0 Å². The lowest BCUT2D eigenvalue weighted by Crippen LogP contribution is -2.18. The maximum atomic E-state index is 4.62. The SMILES string of the molecule is CCC(CNC)c1nccc(-c2ccccn2)n1. The van der Waals surface area contributed by atoms with E-state index in [9.17, 15) is 0 Å². The molecule has 0 radical (unpaired) electrons. The van der Waals surface area contributed by atoms with E-state index in [0.29, 0.717) is 5.92 Å². The number of nitrogens with zero attached hydrogens (tertiary/aromatic N) is 3. The third-order valence-electron chi connectivity index (χ3n) is 2.91. The van der Waals surface area contributed by atoms with Gasteiger partial charge < -0.3 is 5.32 Å². The Bertz CT molecular complexity index is 484. The molecule has 4 heteroatoms. The second-order valence-corrected chi connectivity index (χ2v) is 4.18.